The van der Waals surface area contributed by atoms with E-state index in [1.165, 1.54) is 16.7 Å². The van der Waals surface area contributed by atoms with E-state index in [-0.39, 0.29) is 24.4 Å². The van der Waals surface area contributed by atoms with Gasteiger partial charge in [-0.05, 0) is 35.7 Å². The normalized spacial score (nSPS) is 22.0. The number of halogens is 1. The molecule has 120 valence electrons. The lowest BCUT2D eigenvalue weighted by atomic mass is 9.83. The van der Waals surface area contributed by atoms with E-state index in [0.717, 1.165) is 25.2 Å². The first-order valence-corrected chi connectivity index (χ1v) is 7.91. The maximum absolute atomic E-state index is 13.0. The number of rotatable bonds is 1. The van der Waals surface area contributed by atoms with E-state index < -0.39 is 0 Å². The lowest BCUT2D eigenvalue weighted by Gasteiger charge is -2.39. The van der Waals surface area contributed by atoms with E-state index in [1.54, 1.807) is 0 Å². The summed E-state index contributed by atoms with van der Waals surface area (Å²) in [6.07, 6.45) is 0. The van der Waals surface area contributed by atoms with Crippen molar-refractivity contribution in [2.75, 3.05) is 13.1 Å². The van der Waals surface area contributed by atoms with Gasteiger partial charge in [0.05, 0.1) is 6.04 Å². The molecule has 1 N–H and O–H groups in total. The first-order valence-electron chi connectivity index (χ1n) is 7.91. The summed E-state index contributed by atoms with van der Waals surface area (Å²) in [7, 11) is 0. The van der Waals surface area contributed by atoms with Crippen LogP contribution in [0.1, 0.15) is 33.0 Å². The van der Waals surface area contributed by atoms with Crippen LogP contribution in [-0.4, -0.2) is 29.9 Å². The molecule has 2 aromatic carbocycles. The monoisotopic (exact) mass is 328 g/mol. The van der Waals surface area contributed by atoms with Crippen molar-refractivity contribution < 1.29 is 4.79 Å². The molecule has 2 aromatic rings. The second kappa shape index (κ2) is 6.34. The van der Waals surface area contributed by atoms with Gasteiger partial charge in [-0.15, -0.1) is 12.4 Å². The molecule has 1 fully saturated rings. The van der Waals surface area contributed by atoms with Crippen LogP contribution in [0.15, 0.2) is 48.5 Å². The lowest BCUT2D eigenvalue weighted by molar-refractivity contribution is 0.0639. The van der Waals surface area contributed by atoms with Gasteiger partial charge in [0, 0.05) is 31.1 Å². The summed E-state index contributed by atoms with van der Waals surface area (Å²) in [6, 6.07) is 16.4. The Kier molecular flexibility index (Phi) is 4.42. The lowest BCUT2D eigenvalue weighted by Crippen LogP contribution is -2.47. The number of fused-ring (bicyclic) bond motifs is 3. The average Bonchev–Trinajstić information content (AvgIpc) is 3.05. The molecule has 2 heterocycles. The van der Waals surface area contributed by atoms with Crippen molar-refractivity contribution in [1.29, 1.82) is 0 Å². The molecule has 0 saturated carbocycles. The van der Waals surface area contributed by atoms with E-state index in [2.05, 4.69) is 35.3 Å². The summed E-state index contributed by atoms with van der Waals surface area (Å²) >= 11 is 0. The van der Waals surface area contributed by atoms with Crippen LogP contribution in [0.2, 0.25) is 0 Å². The summed E-state index contributed by atoms with van der Waals surface area (Å²) < 4.78 is 0. The van der Waals surface area contributed by atoms with Crippen molar-refractivity contribution in [3.63, 3.8) is 0 Å². The summed E-state index contributed by atoms with van der Waals surface area (Å²) in [6.45, 7) is 4.71. The Morgan fingerprint density at radius 1 is 1.09 bits per heavy atom. The fraction of sp³-hybridized carbons (Fsp3) is 0.316. The second-order valence-electron chi connectivity index (χ2n) is 6.27. The van der Waals surface area contributed by atoms with E-state index in [4.69, 9.17) is 0 Å². The fourth-order valence-corrected chi connectivity index (χ4v) is 3.85. The Bertz CT molecular complexity index is 717. The van der Waals surface area contributed by atoms with Gasteiger partial charge in [-0.3, -0.25) is 4.79 Å². The van der Waals surface area contributed by atoms with Gasteiger partial charge in [-0.25, -0.2) is 0 Å². The van der Waals surface area contributed by atoms with Crippen LogP contribution in [0.5, 0.6) is 0 Å². The minimum absolute atomic E-state index is 0. The maximum atomic E-state index is 13.0. The number of aryl methyl sites for hydroxylation is 1. The highest BCUT2D eigenvalue weighted by atomic mass is 35.5. The number of hydrogen-bond acceptors (Lipinski definition) is 2. The van der Waals surface area contributed by atoms with Gasteiger partial charge >= 0.3 is 0 Å². The molecule has 4 rings (SSSR count). The van der Waals surface area contributed by atoms with Gasteiger partial charge in [-0.1, -0.05) is 36.4 Å². The maximum Gasteiger partial charge on any atom is 0.254 e. The van der Waals surface area contributed by atoms with Crippen LogP contribution >= 0.6 is 12.4 Å². The van der Waals surface area contributed by atoms with Gasteiger partial charge in [0.2, 0.25) is 0 Å². The Hall–Kier alpha value is -1.84. The van der Waals surface area contributed by atoms with Crippen LogP contribution in [-0.2, 0) is 6.54 Å². The Labute approximate surface area is 143 Å². The fourth-order valence-electron chi connectivity index (χ4n) is 3.85. The molecule has 0 radical (unpaired) electrons. The van der Waals surface area contributed by atoms with Crippen molar-refractivity contribution in [1.82, 2.24) is 10.2 Å². The third-order valence-electron chi connectivity index (χ3n) is 5.04. The smallest absolute Gasteiger partial charge is 0.254 e. The zero-order chi connectivity index (χ0) is 15.1. The summed E-state index contributed by atoms with van der Waals surface area (Å²) in [4.78, 5) is 15.0. The molecule has 4 heteroatoms. The van der Waals surface area contributed by atoms with Crippen LogP contribution < -0.4 is 5.32 Å². The minimum atomic E-state index is 0. The van der Waals surface area contributed by atoms with Crippen molar-refractivity contribution in [2.24, 2.45) is 0 Å². The molecule has 1 saturated heterocycles. The number of nitrogens with zero attached hydrogens (tertiary/aromatic N) is 1. The van der Waals surface area contributed by atoms with Crippen molar-refractivity contribution in [2.45, 2.75) is 25.4 Å². The molecule has 2 aliphatic rings. The quantitative estimate of drug-likeness (QED) is 0.872. The summed E-state index contributed by atoms with van der Waals surface area (Å²) in [5.74, 6) is 0.560. The number of hydrogen-bond donors (Lipinski definition) is 1. The number of nitrogens with one attached hydrogen (secondary N) is 1. The van der Waals surface area contributed by atoms with E-state index in [1.807, 2.05) is 30.3 Å². The van der Waals surface area contributed by atoms with Crippen molar-refractivity contribution in [3.8, 4) is 0 Å². The third-order valence-corrected chi connectivity index (χ3v) is 5.04. The second-order valence-corrected chi connectivity index (χ2v) is 6.27. The standard InChI is InChI=1S/C19H20N2O.ClH/c1-13-6-5-9-15-16-10-20-11-18(16)21(12-17(13)15)19(22)14-7-3-2-4-8-14;/h2-9,16,18,20H,10-12H2,1H3;1H/t16-,18+;/m1./s1. The highest BCUT2D eigenvalue weighted by Gasteiger charge is 2.40. The molecule has 0 spiro atoms. The van der Waals surface area contributed by atoms with Crippen molar-refractivity contribution in [3.05, 3.63) is 70.8 Å². The summed E-state index contributed by atoms with van der Waals surface area (Å²) in [5, 5.41) is 3.47. The molecule has 0 unspecified atom stereocenters. The number of benzene rings is 2. The van der Waals surface area contributed by atoms with Gasteiger partial charge in [-0.2, -0.15) is 0 Å². The number of carbonyl (C=O) groups is 1. The minimum Gasteiger partial charge on any atom is -0.329 e. The highest BCUT2D eigenvalue weighted by Crippen LogP contribution is 2.37. The van der Waals surface area contributed by atoms with Gasteiger partial charge < -0.3 is 10.2 Å². The molecule has 23 heavy (non-hydrogen) atoms. The number of carbonyl (C=O) groups excluding carboxylic acids is 1. The predicted octanol–water partition coefficient (Wildman–Crippen LogP) is 3.13. The van der Waals surface area contributed by atoms with Crippen LogP contribution in [0.25, 0.3) is 0 Å². The molecule has 2 atom stereocenters. The van der Waals surface area contributed by atoms with Gasteiger partial charge in [0.25, 0.3) is 5.91 Å². The molecule has 2 aliphatic heterocycles. The molecule has 0 aliphatic carbocycles. The van der Waals surface area contributed by atoms with Crippen LogP contribution in [0.3, 0.4) is 0 Å². The van der Waals surface area contributed by atoms with E-state index >= 15 is 0 Å². The first kappa shape index (κ1) is 16.0. The van der Waals surface area contributed by atoms with Crippen LogP contribution in [0, 0.1) is 6.92 Å². The molecule has 3 nitrogen and oxygen atoms in total. The Balaban J connectivity index is 0.00000156. The largest absolute Gasteiger partial charge is 0.329 e. The Morgan fingerprint density at radius 2 is 1.87 bits per heavy atom. The summed E-state index contributed by atoms with van der Waals surface area (Å²) in [5.41, 5.74) is 4.82. The average molecular weight is 329 g/mol. The topological polar surface area (TPSA) is 32.3 Å². The van der Waals surface area contributed by atoms with E-state index in [9.17, 15) is 4.79 Å². The molecule has 0 aromatic heterocycles. The zero-order valence-electron chi connectivity index (χ0n) is 13.2. The SMILES string of the molecule is Cc1cccc2c1CN(C(=O)c1ccccc1)[C@H]1CNC[C@H]21.Cl. The zero-order valence-corrected chi connectivity index (χ0v) is 14.0. The van der Waals surface area contributed by atoms with E-state index in [0.29, 0.717) is 5.92 Å². The highest BCUT2D eigenvalue weighted by molar-refractivity contribution is 5.94. The predicted molar refractivity (Wildman–Crippen MR) is 94.1 cm³/mol. The molecular formula is C19H21ClN2O. The number of amides is 1. The third kappa shape index (κ3) is 2.64. The first-order chi connectivity index (χ1) is 10.8. The molecular weight excluding hydrogens is 308 g/mol. The molecule has 1 amide bonds. The van der Waals surface area contributed by atoms with Gasteiger partial charge in [0.1, 0.15) is 0 Å². The van der Waals surface area contributed by atoms with Gasteiger partial charge in [0.15, 0.2) is 0 Å². The van der Waals surface area contributed by atoms with Crippen LogP contribution in [0.4, 0.5) is 0 Å². The molecule has 0 bridgehead atoms. The van der Waals surface area contributed by atoms with Crippen molar-refractivity contribution >= 4 is 18.3 Å². The Morgan fingerprint density at radius 3 is 2.65 bits per heavy atom.